The molecule has 0 rings (SSSR count). The summed E-state index contributed by atoms with van der Waals surface area (Å²) in [7, 11) is -9.97. The van der Waals surface area contributed by atoms with E-state index in [-0.39, 0.29) is 25.7 Å². The predicted molar refractivity (Wildman–Crippen MR) is 418 cm³/mol. The van der Waals surface area contributed by atoms with Crippen molar-refractivity contribution in [2.75, 3.05) is 39.6 Å². The van der Waals surface area contributed by atoms with Crippen LogP contribution < -0.4 is 0 Å². The van der Waals surface area contributed by atoms with Gasteiger partial charge in [0, 0.05) is 25.7 Å². The first-order chi connectivity index (χ1) is 49.7. The lowest BCUT2D eigenvalue weighted by molar-refractivity contribution is -0.161. The van der Waals surface area contributed by atoms with E-state index in [2.05, 4.69) is 137 Å². The maximum absolute atomic E-state index is 13.1. The third-order valence-electron chi connectivity index (χ3n) is 16.7. The molecule has 5 unspecified atom stereocenters. The molecular weight excluding hydrogens is 1330 g/mol. The normalized spacial score (nSPS) is 14.5. The van der Waals surface area contributed by atoms with Gasteiger partial charge in [-0.25, -0.2) is 9.13 Å². The van der Waals surface area contributed by atoms with Gasteiger partial charge in [0.2, 0.25) is 0 Å². The third kappa shape index (κ3) is 74.0. The molecule has 0 saturated carbocycles. The van der Waals surface area contributed by atoms with E-state index in [0.717, 1.165) is 161 Å². The van der Waals surface area contributed by atoms with Crippen LogP contribution in [0.1, 0.15) is 336 Å². The van der Waals surface area contributed by atoms with Crippen LogP contribution >= 0.6 is 15.6 Å². The van der Waals surface area contributed by atoms with Gasteiger partial charge in [-0.2, -0.15) is 0 Å². The van der Waals surface area contributed by atoms with Gasteiger partial charge in [-0.15, -0.1) is 0 Å². The van der Waals surface area contributed by atoms with E-state index in [4.69, 9.17) is 37.0 Å². The molecule has 0 aromatic carbocycles. The molecule has 102 heavy (non-hydrogen) atoms. The minimum Gasteiger partial charge on any atom is -0.462 e. The van der Waals surface area contributed by atoms with Crippen molar-refractivity contribution in [3.63, 3.8) is 0 Å². The second-order valence-electron chi connectivity index (χ2n) is 26.6. The second kappa shape index (κ2) is 75.0. The fourth-order valence-corrected chi connectivity index (χ4v) is 12.2. The van der Waals surface area contributed by atoms with Gasteiger partial charge in [0.25, 0.3) is 0 Å². The van der Waals surface area contributed by atoms with Gasteiger partial charge in [-0.3, -0.25) is 37.3 Å². The van der Waals surface area contributed by atoms with Crippen LogP contribution in [0.25, 0.3) is 0 Å². The lowest BCUT2D eigenvalue weighted by Gasteiger charge is -2.21. The summed E-state index contributed by atoms with van der Waals surface area (Å²) in [5.41, 5.74) is 0. The maximum atomic E-state index is 13.1. The SMILES string of the molecule is CC/C=C\C/C=C\C/C=C\C/C=C\CCCCC(=O)OC(COC(=O)CCCCCCCC/C=C\C/C=C\C/C=C\CCCCC)COP(=O)(O)OCC(O)COP(=O)(O)OCC(COC(=O)CCCCCCC/C=C\C/C=C\CCCCC)OC(=O)CCCCCCCCCCCCCCC. The van der Waals surface area contributed by atoms with Crippen LogP contribution in [0.2, 0.25) is 0 Å². The smallest absolute Gasteiger partial charge is 0.462 e. The molecule has 0 saturated heterocycles. The number of hydrogen-bond acceptors (Lipinski definition) is 15. The topological polar surface area (TPSA) is 237 Å². The Bertz CT molecular complexity index is 2360. The van der Waals surface area contributed by atoms with Gasteiger partial charge in [0.1, 0.15) is 19.3 Å². The van der Waals surface area contributed by atoms with Crippen molar-refractivity contribution in [1.82, 2.24) is 0 Å². The number of ether oxygens (including phenoxy) is 4. The van der Waals surface area contributed by atoms with Crippen LogP contribution in [-0.4, -0.2) is 96.7 Å². The van der Waals surface area contributed by atoms with Crippen LogP contribution in [0.15, 0.2) is 109 Å². The summed E-state index contributed by atoms with van der Waals surface area (Å²) in [5.74, 6) is -2.24. The molecule has 17 nitrogen and oxygen atoms in total. The average Bonchev–Trinajstić information content (AvgIpc) is 0.907. The Morgan fingerprint density at radius 3 is 0.824 bits per heavy atom. The largest absolute Gasteiger partial charge is 0.472 e. The summed E-state index contributed by atoms with van der Waals surface area (Å²) in [4.78, 5) is 73.0. The number of aliphatic hydroxyl groups excluding tert-OH is 1. The summed E-state index contributed by atoms with van der Waals surface area (Å²) < 4.78 is 68.6. The molecular formula is C83H144O17P2. The van der Waals surface area contributed by atoms with Crippen LogP contribution in [-0.2, 0) is 65.4 Å². The minimum atomic E-state index is -4.99. The second-order valence-corrected chi connectivity index (χ2v) is 29.5. The number of carbonyl (C=O) groups is 4. The molecule has 0 aromatic rings. The Kier molecular flexibility index (Phi) is 71.8. The molecule has 0 fully saturated rings. The van der Waals surface area contributed by atoms with E-state index in [1.54, 1.807) is 0 Å². The van der Waals surface area contributed by atoms with Gasteiger partial charge in [-0.05, 0) is 135 Å². The third-order valence-corrected chi connectivity index (χ3v) is 18.6. The molecule has 0 spiro atoms. The van der Waals surface area contributed by atoms with Crippen molar-refractivity contribution in [3.05, 3.63) is 109 Å². The Morgan fingerprint density at radius 2 is 0.510 bits per heavy atom. The molecule has 0 aliphatic carbocycles. The molecule has 0 aliphatic heterocycles. The molecule has 0 heterocycles. The molecule has 0 bridgehead atoms. The van der Waals surface area contributed by atoms with Crippen molar-refractivity contribution in [1.29, 1.82) is 0 Å². The molecule has 0 aromatic heterocycles. The lowest BCUT2D eigenvalue weighted by Crippen LogP contribution is -2.30. The molecule has 5 atom stereocenters. The number of allylic oxidation sites excluding steroid dienone is 18. The Balaban J connectivity index is 5.39. The highest BCUT2D eigenvalue weighted by Gasteiger charge is 2.30. The van der Waals surface area contributed by atoms with Crippen LogP contribution in [0.3, 0.4) is 0 Å². The van der Waals surface area contributed by atoms with Crippen molar-refractivity contribution in [2.24, 2.45) is 0 Å². The number of rotatable bonds is 75. The number of esters is 4. The predicted octanol–water partition coefficient (Wildman–Crippen LogP) is 23.3. The molecule has 0 radical (unpaired) electrons. The van der Waals surface area contributed by atoms with Gasteiger partial charge in [0.05, 0.1) is 26.4 Å². The molecule has 588 valence electrons. The van der Waals surface area contributed by atoms with Gasteiger partial charge >= 0.3 is 39.5 Å². The first kappa shape index (κ1) is 97.7. The summed E-state index contributed by atoms with van der Waals surface area (Å²) in [5, 5.41) is 10.6. The minimum absolute atomic E-state index is 0.0385. The number of carbonyl (C=O) groups excluding carboxylic acids is 4. The van der Waals surface area contributed by atoms with E-state index in [0.29, 0.717) is 32.1 Å². The average molecular weight is 1480 g/mol. The molecule has 0 aliphatic rings. The number of unbranched alkanes of at least 4 members (excludes halogenated alkanes) is 31. The van der Waals surface area contributed by atoms with E-state index in [1.165, 1.54) is 89.9 Å². The first-order valence-electron chi connectivity index (χ1n) is 40.1. The van der Waals surface area contributed by atoms with E-state index >= 15 is 0 Å². The standard InChI is InChI=1S/C83H144O17P2/c1-5-9-13-17-21-25-29-33-36-37-38-39-42-45-48-52-56-60-64-68-81(86)94-74-79(100-83(88)70-66-62-58-54-50-46-41-35-31-27-23-19-15-11-7-3)76-98-102(91,92)96-72-77(84)71-95-101(89,90)97-75-78(99-82(87)69-65-61-57-53-49-43-32-28-24-20-16-12-8-4)73-93-80(85)67-63-59-55-51-47-44-40-34-30-26-22-18-14-10-6-2/h11,15,21-23,25-27,33-36,38-41,50,54,77-79,84H,5-10,12-14,16-20,24,28-32,37,42-49,51-53,55-76H2,1-4H3,(H,89,90)(H,91,92)/b15-11-,25-21-,26-22-,27-23-,36-33-,39-38-,40-34-,41-35-,54-50-. The summed E-state index contributed by atoms with van der Waals surface area (Å²) in [6, 6.07) is 0. The van der Waals surface area contributed by atoms with Crippen molar-refractivity contribution in [2.45, 2.75) is 354 Å². The highest BCUT2D eigenvalue weighted by Crippen LogP contribution is 2.45. The fraction of sp³-hybridized carbons (Fsp3) is 0.735. The van der Waals surface area contributed by atoms with Crippen LogP contribution in [0, 0.1) is 0 Å². The maximum Gasteiger partial charge on any atom is 0.472 e. The number of phosphoric ester groups is 2. The molecule has 0 amide bonds. The lowest BCUT2D eigenvalue weighted by atomic mass is 10.0. The van der Waals surface area contributed by atoms with Gasteiger partial charge < -0.3 is 33.8 Å². The quantitative estimate of drug-likeness (QED) is 0.0169. The van der Waals surface area contributed by atoms with Crippen LogP contribution in [0.4, 0.5) is 0 Å². The number of aliphatic hydroxyl groups is 1. The van der Waals surface area contributed by atoms with Crippen LogP contribution in [0.5, 0.6) is 0 Å². The van der Waals surface area contributed by atoms with Crippen molar-refractivity contribution < 1.29 is 80.2 Å². The molecule has 3 N–H and O–H groups in total. The molecule has 19 heteroatoms. The summed E-state index contributed by atoms with van der Waals surface area (Å²) >= 11 is 0. The Labute approximate surface area is 619 Å². The Morgan fingerprint density at radius 1 is 0.284 bits per heavy atom. The number of phosphoric acid groups is 2. The zero-order chi connectivity index (χ0) is 74.6. The Hall–Kier alpha value is -4.28. The first-order valence-corrected chi connectivity index (χ1v) is 43.1. The fourth-order valence-electron chi connectivity index (χ4n) is 10.6. The van der Waals surface area contributed by atoms with E-state index in [9.17, 15) is 43.2 Å². The van der Waals surface area contributed by atoms with E-state index in [1.807, 2.05) is 0 Å². The zero-order valence-electron chi connectivity index (χ0n) is 64.3. The summed E-state index contributed by atoms with van der Waals surface area (Å²) in [6.45, 7) is 4.66. The summed E-state index contributed by atoms with van der Waals surface area (Å²) in [6.07, 6.45) is 80.7. The van der Waals surface area contributed by atoms with Crippen molar-refractivity contribution in [3.8, 4) is 0 Å². The van der Waals surface area contributed by atoms with Crippen molar-refractivity contribution >= 4 is 39.5 Å². The zero-order valence-corrected chi connectivity index (χ0v) is 66.0. The monoisotopic (exact) mass is 1470 g/mol. The number of hydrogen-bond donors (Lipinski definition) is 3. The van der Waals surface area contributed by atoms with Gasteiger partial charge in [0.15, 0.2) is 12.2 Å². The van der Waals surface area contributed by atoms with E-state index < -0.39 is 97.5 Å². The highest BCUT2D eigenvalue weighted by atomic mass is 31.2. The van der Waals surface area contributed by atoms with Gasteiger partial charge in [-0.1, -0.05) is 285 Å². The highest BCUT2D eigenvalue weighted by molar-refractivity contribution is 7.47.